The molecule has 0 amide bonds. The average molecular weight is 182 g/mol. The van der Waals surface area contributed by atoms with E-state index in [0.717, 1.165) is 37.2 Å². The van der Waals surface area contributed by atoms with Gasteiger partial charge in [-0.3, -0.25) is 4.79 Å². The topological polar surface area (TPSA) is 26.3 Å². The van der Waals surface area contributed by atoms with Crippen LogP contribution in [-0.2, 0) is 17.6 Å². The molecule has 1 aliphatic heterocycles. The fraction of sp³-hybridized carbons (Fsp3) is 0.444. The highest BCUT2D eigenvalue weighted by molar-refractivity contribution is 7.12. The van der Waals surface area contributed by atoms with Crippen molar-refractivity contribution >= 4 is 17.6 Å². The van der Waals surface area contributed by atoms with Gasteiger partial charge in [-0.1, -0.05) is 0 Å². The lowest BCUT2D eigenvalue weighted by Crippen LogP contribution is -1.95. The summed E-state index contributed by atoms with van der Waals surface area (Å²) in [5.74, 6) is 0. The highest BCUT2D eigenvalue weighted by Gasteiger charge is 2.13. The summed E-state index contributed by atoms with van der Waals surface area (Å²) in [6.07, 6.45) is 2.81. The SMILES string of the molecule is O=Cc1scc2c1CCOCC2. The summed E-state index contributed by atoms with van der Waals surface area (Å²) < 4.78 is 5.32. The second kappa shape index (κ2) is 3.37. The summed E-state index contributed by atoms with van der Waals surface area (Å²) >= 11 is 1.55. The molecule has 0 bridgehead atoms. The molecule has 0 unspecified atom stereocenters. The fourth-order valence-electron chi connectivity index (χ4n) is 1.49. The van der Waals surface area contributed by atoms with E-state index in [9.17, 15) is 4.79 Å². The number of hydrogen-bond donors (Lipinski definition) is 0. The third-order valence-corrected chi connectivity index (χ3v) is 3.13. The van der Waals surface area contributed by atoms with Gasteiger partial charge in [0.2, 0.25) is 0 Å². The zero-order valence-electron chi connectivity index (χ0n) is 6.71. The van der Waals surface area contributed by atoms with Crippen molar-refractivity contribution in [2.24, 2.45) is 0 Å². The van der Waals surface area contributed by atoms with Crippen LogP contribution in [0.2, 0.25) is 0 Å². The maximum Gasteiger partial charge on any atom is 0.160 e. The molecule has 2 heterocycles. The van der Waals surface area contributed by atoms with Crippen LogP contribution in [0.1, 0.15) is 20.8 Å². The van der Waals surface area contributed by atoms with Crippen LogP contribution in [0.5, 0.6) is 0 Å². The molecule has 0 N–H and O–H groups in total. The monoisotopic (exact) mass is 182 g/mol. The summed E-state index contributed by atoms with van der Waals surface area (Å²) in [6, 6.07) is 0. The molecule has 1 aliphatic rings. The van der Waals surface area contributed by atoms with E-state index >= 15 is 0 Å². The van der Waals surface area contributed by atoms with Crippen LogP contribution in [0.4, 0.5) is 0 Å². The minimum absolute atomic E-state index is 0.755. The highest BCUT2D eigenvalue weighted by Crippen LogP contribution is 2.23. The van der Waals surface area contributed by atoms with E-state index in [4.69, 9.17) is 4.74 Å². The van der Waals surface area contributed by atoms with Crippen molar-refractivity contribution < 1.29 is 9.53 Å². The summed E-state index contributed by atoms with van der Waals surface area (Å²) in [5, 5.41) is 2.08. The Labute approximate surface area is 75.2 Å². The summed E-state index contributed by atoms with van der Waals surface area (Å²) in [5.41, 5.74) is 2.52. The molecule has 0 saturated carbocycles. The van der Waals surface area contributed by atoms with E-state index in [-0.39, 0.29) is 0 Å². The molecule has 0 fully saturated rings. The molecule has 64 valence electrons. The zero-order chi connectivity index (χ0) is 8.39. The third-order valence-electron chi connectivity index (χ3n) is 2.13. The second-order valence-electron chi connectivity index (χ2n) is 2.83. The van der Waals surface area contributed by atoms with Gasteiger partial charge in [0.25, 0.3) is 0 Å². The van der Waals surface area contributed by atoms with Gasteiger partial charge in [0.1, 0.15) is 0 Å². The number of carbonyl (C=O) groups excluding carboxylic acids is 1. The quantitative estimate of drug-likeness (QED) is 0.618. The first-order valence-corrected chi connectivity index (χ1v) is 4.92. The van der Waals surface area contributed by atoms with Crippen molar-refractivity contribution in [1.82, 2.24) is 0 Å². The number of hydrogen-bond acceptors (Lipinski definition) is 3. The number of rotatable bonds is 1. The van der Waals surface area contributed by atoms with Crippen LogP contribution < -0.4 is 0 Å². The predicted molar refractivity (Wildman–Crippen MR) is 47.9 cm³/mol. The molecule has 2 rings (SSSR count). The smallest absolute Gasteiger partial charge is 0.160 e. The van der Waals surface area contributed by atoms with Crippen LogP contribution in [0.15, 0.2) is 5.38 Å². The van der Waals surface area contributed by atoms with Gasteiger partial charge in [-0.2, -0.15) is 0 Å². The van der Waals surface area contributed by atoms with E-state index in [0.29, 0.717) is 0 Å². The first-order valence-electron chi connectivity index (χ1n) is 4.04. The van der Waals surface area contributed by atoms with Gasteiger partial charge in [-0.25, -0.2) is 0 Å². The molecule has 0 atom stereocenters. The number of fused-ring (bicyclic) bond motifs is 1. The van der Waals surface area contributed by atoms with Gasteiger partial charge in [-0.05, 0) is 29.3 Å². The van der Waals surface area contributed by atoms with Crippen LogP contribution in [0, 0.1) is 0 Å². The van der Waals surface area contributed by atoms with Gasteiger partial charge in [0.15, 0.2) is 6.29 Å². The molecule has 3 heteroatoms. The standard InChI is InChI=1S/C9H10O2S/c10-5-9-8-2-4-11-3-1-7(8)6-12-9/h5-6H,1-4H2. The Hall–Kier alpha value is -0.670. The van der Waals surface area contributed by atoms with Gasteiger partial charge in [0.05, 0.1) is 18.1 Å². The van der Waals surface area contributed by atoms with Gasteiger partial charge in [-0.15, -0.1) is 11.3 Å². The summed E-state index contributed by atoms with van der Waals surface area (Å²) in [6.45, 7) is 1.55. The average Bonchev–Trinajstić information content (AvgIpc) is 2.33. The first kappa shape index (κ1) is 7.95. The first-order chi connectivity index (χ1) is 5.92. The Balaban J connectivity index is 2.38. The summed E-state index contributed by atoms with van der Waals surface area (Å²) in [7, 11) is 0. The molecule has 0 aromatic carbocycles. The lowest BCUT2D eigenvalue weighted by atomic mass is 10.1. The molecule has 0 spiro atoms. The van der Waals surface area contributed by atoms with Crippen molar-refractivity contribution in [3.05, 3.63) is 21.4 Å². The minimum atomic E-state index is 0.755. The number of aldehydes is 1. The van der Waals surface area contributed by atoms with Crippen LogP contribution in [-0.4, -0.2) is 19.5 Å². The molecule has 0 radical (unpaired) electrons. The zero-order valence-corrected chi connectivity index (χ0v) is 7.52. The van der Waals surface area contributed by atoms with E-state index in [1.54, 1.807) is 11.3 Å². The lowest BCUT2D eigenvalue weighted by Gasteiger charge is -1.95. The van der Waals surface area contributed by atoms with Crippen molar-refractivity contribution in [1.29, 1.82) is 0 Å². The number of ether oxygens (including phenoxy) is 1. The van der Waals surface area contributed by atoms with Gasteiger partial charge >= 0.3 is 0 Å². The minimum Gasteiger partial charge on any atom is -0.381 e. The molecular formula is C9H10O2S. The maximum absolute atomic E-state index is 10.6. The predicted octanol–water partition coefficient (Wildman–Crippen LogP) is 1.68. The second-order valence-corrected chi connectivity index (χ2v) is 3.75. The fourth-order valence-corrected chi connectivity index (χ4v) is 2.45. The van der Waals surface area contributed by atoms with Crippen molar-refractivity contribution in [2.75, 3.05) is 13.2 Å². The Morgan fingerprint density at radius 1 is 1.42 bits per heavy atom. The number of thiophene rings is 1. The number of carbonyl (C=O) groups is 1. The molecule has 0 saturated heterocycles. The van der Waals surface area contributed by atoms with Crippen molar-refractivity contribution in [3.63, 3.8) is 0 Å². The molecular weight excluding hydrogens is 172 g/mol. The third kappa shape index (κ3) is 1.30. The maximum atomic E-state index is 10.6. The Morgan fingerprint density at radius 2 is 2.25 bits per heavy atom. The molecule has 2 nitrogen and oxygen atoms in total. The Morgan fingerprint density at radius 3 is 3.08 bits per heavy atom. The normalized spacial score (nSPS) is 16.7. The van der Waals surface area contributed by atoms with E-state index < -0.39 is 0 Å². The van der Waals surface area contributed by atoms with E-state index in [1.807, 2.05) is 0 Å². The van der Waals surface area contributed by atoms with Crippen LogP contribution >= 0.6 is 11.3 Å². The lowest BCUT2D eigenvalue weighted by molar-refractivity contribution is 0.112. The Bertz CT molecular complexity index is 291. The van der Waals surface area contributed by atoms with Crippen molar-refractivity contribution in [3.8, 4) is 0 Å². The largest absolute Gasteiger partial charge is 0.381 e. The van der Waals surface area contributed by atoms with Gasteiger partial charge in [0, 0.05) is 0 Å². The van der Waals surface area contributed by atoms with Crippen LogP contribution in [0.25, 0.3) is 0 Å². The summed E-state index contributed by atoms with van der Waals surface area (Å²) in [4.78, 5) is 11.5. The van der Waals surface area contributed by atoms with E-state index in [1.165, 1.54) is 11.1 Å². The van der Waals surface area contributed by atoms with Crippen LogP contribution in [0.3, 0.4) is 0 Å². The molecule has 1 aromatic heterocycles. The highest BCUT2D eigenvalue weighted by atomic mass is 32.1. The van der Waals surface area contributed by atoms with Crippen molar-refractivity contribution in [2.45, 2.75) is 12.8 Å². The molecule has 1 aromatic rings. The van der Waals surface area contributed by atoms with Gasteiger partial charge < -0.3 is 4.74 Å². The Kier molecular flexibility index (Phi) is 2.23. The molecule has 0 aliphatic carbocycles. The van der Waals surface area contributed by atoms with E-state index in [2.05, 4.69) is 5.38 Å². The molecule has 12 heavy (non-hydrogen) atoms.